The van der Waals surface area contributed by atoms with E-state index in [0.29, 0.717) is 41.2 Å². The lowest BCUT2D eigenvalue weighted by atomic mass is 10.2. The number of nitrogens with one attached hydrogen (secondary N) is 1. The third-order valence-electron chi connectivity index (χ3n) is 3.51. The number of anilines is 1. The van der Waals surface area contributed by atoms with E-state index in [9.17, 15) is 14.4 Å². The number of benzene rings is 2. The molecule has 3 N–H and O–H groups in total. The first-order chi connectivity index (χ1) is 12.4. The average molecular weight is 356 g/mol. The molecule has 0 aliphatic carbocycles. The quantitative estimate of drug-likeness (QED) is 0.706. The zero-order valence-corrected chi connectivity index (χ0v) is 14.5. The Morgan fingerprint density at radius 1 is 1.15 bits per heavy atom. The number of rotatable bonds is 8. The summed E-state index contributed by atoms with van der Waals surface area (Å²) in [5.41, 5.74) is 6.49. The predicted octanol–water partition coefficient (Wildman–Crippen LogP) is 2.40. The molecule has 0 bridgehead atoms. The van der Waals surface area contributed by atoms with Crippen LogP contribution in [0.5, 0.6) is 11.5 Å². The number of hydrogen-bond acceptors (Lipinski definition) is 5. The minimum Gasteiger partial charge on any atom is -0.490 e. The Morgan fingerprint density at radius 3 is 2.42 bits per heavy atom. The Bertz CT molecular complexity index is 802. The van der Waals surface area contributed by atoms with E-state index >= 15 is 0 Å². The molecule has 0 saturated heterocycles. The first-order valence-electron chi connectivity index (χ1n) is 8.04. The van der Waals surface area contributed by atoms with Crippen molar-refractivity contribution in [2.24, 2.45) is 5.73 Å². The summed E-state index contributed by atoms with van der Waals surface area (Å²) in [5.74, 6) is -0.160. The van der Waals surface area contributed by atoms with Crippen molar-refractivity contribution >= 4 is 23.8 Å². The van der Waals surface area contributed by atoms with Crippen molar-refractivity contribution in [2.75, 3.05) is 11.9 Å². The summed E-state index contributed by atoms with van der Waals surface area (Å²) >= 11 is 0. The van der Waals surface area contributed by atoms with E-state index in [2.05, 4.69) is 5.32 Å². The van der Waals surface area contributed by atoms with Gasteiger partial charge in [0.15, 0.2) is 17.6 Å². The van der Waals surface area contributed by atoms with Crippen LogP contribution in [0.1, 0.15) is 34.6 Å². The molecule has 0 aliphatic rings. The van der Waals surface area contributed by atoms with Crippen molar-refractivity contribution in [1.82, 2.24) is 0 Å². The van der Waals surface area contributed by atoms with E-state index in [1.807, 2.05) is 6.92 Å². The number of carbonyl (C=O) groups is 3. The molecule has 136 valence electrons. The SMILES string of the molecule is CCOc1cc(C=O)ccc1O[C@@H](C)C(=O)Nc1ccc(C(N)=O)cc1. The summed E-state index contributed by atoms with van der Waals surface area (Å²) in [6.07, 6.45) is -0.106. The van der Waals surface area contributed by atoms with E-state index in [1.54, 1.807) is 37.3 Å². The van der Waals surface area contributed by atoms with E-state index in [-0.39, 0.29) is 5.91 Å². The molecule has 0 fully saturated rings. The van der Waals surface area contributed by atoms with Crippen LogP contribution in [0.25, 0.3) is 0 Å². The molecule has 2 rings (SSSR count). The second kappa shape index (κ2) is 8.66. The number of carbonyl (C=O) groups excluding carboxylic acids is 3. The normalized spacial score (nSPS) is 11.3. The van der Waals surface area contributed by atoms with Gasteiger partial charge >= 0.3 is 0 Å². The van der Waals surface area contributed by atoms with E-state index < -0.39 is 12.0 Å². The van der Waals surface area contributed by atoms with Crippen molar-refractivity contribution in [2.45, 2.75) is 20.0 Å². The van der Waals surface area contributed by atoms with Gasteiger partial charge in [0.2, 0.25) is 5.91 Å². The molecule has 0 aliphatic heterocycles. The molecular formula is C19H20N2O5. The lowest BCUT2D eigenvalue weighted by molar-refractivity contribution is -0.122. The van der Waals surface area contributed by atoms with Crippen molar-refractivity contribution < 1.29 is 23.9 Å². The van der Waals surface area contributed by atoms with Crippen LogP contribution < -0.4 is 20.5 Å². The number of aldehydes is 1. The van der Waals surface area contributed by atoms with Gasteiger partial charge in [-0.05, 0) is 56.3 Å². The molecule has 0 aromatic heterocycles. The Balaban J connectivity index is 2.06. The smallest absolute Gasteiger partial charge is 0.265 e. The fraction of sp³-hybridized carbons (Fsp3) is 0.211. The summed E-state index contributed by atoms with van der Waals surface area (Å²) in [4.78, 5) is 34.2. The Morgan fingerprint density at radius 2 is 1.85 bits per heavy atom. The second-order valence-electron chi connectivity index (χ2n) is 5.45. The summed E-state index contributed by atoms with van der Waals surface area (Å²) in [6.45, 7) is 3.80. The van der Waals surface area contributed by atoms with Gasteiger partial charge in [0, 0.05) is 16.8 Å². The van der Waals surface area contributed by atoms with Gasteiger partial charge in [0.25, 0.3) is 5.91 Å². The van der Waals surface area contributed by atoms with Crippen LogP contribution in [0.2, 0.25) is 0 Å². The Kier molecular flexibility index (Phi) is 6.32. The first kappa shape index (κ1) is 19.0. The van der Waals surface area contributed by atoms with Crippen LogP contribution in [0.3, 0.4) is 0 Å². The third-order valence-corrected chi connectivity index (χ3v) is 3.51. The molecule has 26 heavy (non-hydrogen) atoms. The number of amides is 2. The predicted molar refractivity (Wildman–Crippen MR) is 96.7 cm³/mol. The van der Waals surface area contributed by atoms with Gasteiger partial charge in [0.1, 0.15) is 6.29 Å². The fourth-order valence-corrected chi connectivity index (χ4v) is 2.17. The molecule has 7 heteroatoms. The highest BCUT2D eigenvalue weighted by atomic mass is 16.5. The van der Waals surface area contributed by atoms with E-state index in [1.165, 1.54) is 12.1 Å². The average Bonchev–Trinajstić information content (AvgIpc) is 2.63. The maximum atomic E-state index is 12.3. The lowest BCUT2D eigenvalue weighted by Crippen LogP contribution is -2.30. The highest BCUT2D eigenvalue weighted by Gasteiger charge is 2.17. The molecule has 0 spiro atoms. The molecule has 0 unspecified atom stereocenters. The van der Waals surface area contributed by atoms with Crippen molar-refractivity contribution in [3.8, 4) is 11.5 Å². The molecule has 7 nitrogen and oxygen atoms in total. The molecule has 2 aromatic rings. The van der Waals surface area contributed by atoms with Crippen LogP contribution in [-0.2, 0) is 4.79 Å². The number of hydrogen-bond donors (Lipinski definition) is 2. The van der Waals surface area contributed by atoms with E-state index in [4.69, 9.17) is 15.2 Å². The van der Waals surface area contributed by atoms with Gasteiger partial charge in [-0.1, -0.05) is 0 Å². The van der Waals surface area contributed by atoms with Crippen LogP contribution in [0, 0.1) is 0 Å². The summed E-state index contributed by atoms with van der Waals surface area (Å²) < 4.78 is 11.1. The zero-order chi connectivity index (χ0) is 19.1. The van der Waals surface area contributed by atoms with E-state index in [0.717, 1.165) is 0 Å². The number of primary amides is 1. The van der Waals surface area contributed by atoms with Gasteiger partial charge < -0.3 is 20.5 Å². The number of nitrogens with two attached hydrogens (primary N) is 1. The minimum atomic E-state index is -0.813. The van der Waals surface area contributed by atoms with Crippen LogP contribution in [0.15, 0.2) is 42.5 Å². The molecule has 2 aromatic carbocycles. The first-order valence-corrected chi connectivity index (χ1v) is 8.04. The number of ether oxygens (including phenoxy) is 2. The molecule has 0 radical (unpaired) electrons. The summed E-state index contributed by atoms with van der Waals surface area (Å²) in [7, 11) is 0. The largest absolute Gasteiger partial charge is 0.490 e. The highest BCUT2D eigenvalue weighted by Crippen LogP contribution is 2.29. The van der Waals surface area contributed by atoms with Crippen molar-refractivity contribution in [3.63, 3.8) is 0 Å². The Labute approximate surface area is 151 Å². The highest BCUT2D eigenvalue weighted by molar-refractivity contribution is 5.96. The second-order valence-corrected chi connectivity index (χ2v) is 5.45. The van der Waals surface area contributed by atoms with Crippen LogP contribution in [-0.4, -0.2) is 30.8 Å². The van der Waals surface area contributed by atoms with Gasteiger partial charge in [-0.25, -0.2) is 0 Å². The maximum Gasteiger partial charge on any atom is 0.265 e. The molecule has 2 amide bonds. The van der Waals surface area contributed by atoms with Gasteiger partial charge in [-0.15, -0.1) is 0 Å². The summed E-state index contributed by atoms with van der Waals surface area (Å²) in [6, 6.07) is 10.9. The fourth-order valence-electron chi connectivity index (χ4n) is 2.17. The van der Waals surface area contributed by atoms with Crippen molar-refractivity contribution in [1.29, 1.82) is 0 Å². The minimum absolute atomic E-state index is 0.351. The van der Waals surface area contributed by atoms with Gasteiger partial charge in [-0.2, -0.15) is 0 Å². The zero-order valence-electron chi connectivity index (χ0n) is 14.5. The third kappa shape index (κ3) is 4.83. The maximum absolute atomic E-state index is 12.3. The summed E-state index contributed by atoms with van der Waals surface area (Å²) in [5, 5.41) is 2.69. The van der Waals surface area contributed by atoms with Crippen LogP contribution in [0.4, 0.5) is 5.69 Å². The molecule has 0 saturated carbocycles. The molecule has 0 heterocycles. The topological polar surface area (TPSA) is 108 Å². The van der Waals surface area contributed by atoms with Crippen molar-refractivity contribution in [3.05, 3.63) is 53.6 Å². The molecular weight excluding hydrogens is 336 g/mol. The lowest BCUT2D eigenvalue weighted by Gasteiger charge is -2.17. The Hall–Kier alpha value is -3.35. The van der Waals surface area contributed by atoms with Gasteiger partial charge in [0.05, 0.1) is 6.61 Å². The monoisotopic (exact) mass is 356 g/mol. The molecule has 1 atom stereocenters. The van der Waals surface area contributed by atoms with Crippen LogP contribution >= 0.6 is 0 Å². The van der Waals surface area contributed by atoms with Gasteiger partial charge in [-0.3, -0.25) is 14.4 Å². The standard InChI is InChI=1S/C19H20N2O5/c1-3-25-17-10-13(11-22)4-9-16(17)26-12(2)19(24)21-15-7-5-14(6-8-15)18(20)23/h4-12H,3H2,1-2H3,(H2,20,23)(H,21,24)/t12-/m0/s1.